The van der Waals surface area contributed by atoms with Crippen LogP contribution < -0.4 is 20.1 Å². The maximum atomic E-state index is 12.0. The van der Waals surface area contributed by atoms with Gasteiger partial charge in [-0.05, 0) is 29.3 Å². The first-order chi connectivity index (χ1) is 13.1. The standard InChI is InChI=1S/C21H24N2O4/c1-26-18-10-8-17(14-19(18)27-2)15-21(25)23-13-12-22-20(24)11-9-16-6-4-3-5-7-16/h3-11,14H,12-13,15H2,1-2H3,(H,22,24)(H,23,25)/b11-9+. The molecular weight excluding hydrogens is 344 g/mol. The monoisotopic (exact) mass is 368 g/mol. The Balaban J connectivity index is 1.70. The van der Waals surface area contributed by atoms with Crippen molar-refractivity contribution < 1.29 is 19.1 Å². The third kappa shape index (κ3) is 6.86. The lowest BCUT2D eigenvalue weighted by molar-refractivity contribution is -0.121. The molecule has 0 aliphatic carbocycles. The zero-order valence-corrected chi connectivity index (χ0v) is 15.5. The lowest BCUT2D eigenvalue weighted by atomic mass is 10.1. The molecule has 142 valence electrons. The minimum atomic E-state index is -0.201. The Kier molecular flexibility index (Phi) is 7.91. The van der Waals surface area contributed by atoms with E-state index in [9.17, 15) is 9.59 Å². The first-order valence-corrected chi connectivity index (χ1v) is 8.61. The Labute approximate surface area is 159 Å². The zero-order valence-electron chi connectivity index (χ0n) is 15.5. The van der Waals surface area contributed by atoms with E-state index >= 15 is 0 Å². The van der Waals surface area contributed by atoms with Crippen LogP contribution >= 0.6 is 0 Å². The van der Waals surface area contributed by atoms with Gasteiger partial charge in [-0.25, -0.2) is 0 Å². The van der Waals surface area contributed by atoms with Gasteiger partial charge in [0.25, 0.3) is 0 Å². The summed E-state index contributed by atoms with van der Waals surface area (Å²) in [6, 6.07) is 14.9. The van der Waals surface area contributed by atoms with Crippen LogP contribution in [0.5, 0.6) is 11.5 Å². The van der Waals surface area contributed by atoms with E-state index in [2.05, 4.69) is 10.6 Å². The molecule has 0 fully saturated rings. The molecule has 2 aromatic rings. The highest BCUT2D eigenvalue weighted by atomic mass is 16.5. The number of hydrogen-bond donors (Lipinski definition) is 2. The van der Waals surface area contributed by atoms with Crippen molar-refractivity contribution in [3.63, 3.8) is 0 Å². The largest absolute Gasteiger partial charge is 0.493 e. The topological polar surface area (TPSA) is 76.7 Å². The highest BCUT2D eigenvalue weighted by Gasteiger charge is 2.08. The number of hydrogen-bond acceptors (Lipinski definition) is 4. The van der Waals surface area contributed by atoms with E-state index in [1.54, 1.807) is 32.4 Å². The molecule has 0 unspecified atom stereocenters. The Morgan fingerprint density at radius 3 is 2.33 bits per heavy atom. The molecule has 0 saturated heterocycles. The average molecular weight is 368 g/mol. The van der Waals surface area contributed by atoms with E-state index in [0.717, 1.165) is 11.1 Å². The van der Waals surface area contributed by atoms with Crippen LogP contribution in [0.25, 0.3) is 6.08 Å². The summed E-state index contributed by atoms with van der Waals surface area (Å²) < 4.78 is 10.4. The van der Waals surface area contributed by atoms with E-state index in [1.165, 1.54) is 6.08 Å². The molecule has 2 rings (SSSR count). The van der Waals surface area contributed by atoms with Crippen molar-refractivity contribution in [2.45, 2.75) is 6.42 Å². The molecule has 2 amide bonds. The summed E-state index contributed by atoms with van der Waals surface area (Å²) >= 11 is 0. The van der Waals surface area contributed by atoms with Crippen molar-refractivity contribution in [2.75, 3.05) is 27.3 Å². The first kappa shape index (κ1) is 20.0. The molecule has 0 aliphatic heterocycles. The molecule has 0 bridgehead atoms. The summed E-state index contributed by atoms with van der Waals surface area (Å²) in [4.78, 5) is 23.8. The van der Waals surface area contributed by atoms with Gasteiger partial charge in [-0.3, -0.25) is 9.59 Å². The average Bonchev–Trinajstić information content (AvgIpc) is 2.70. The highest BCUT2D eigenvalue weighted by molar-refractivity contribution is 5.91. The minimum Gasteiger partial charge on any atom is -0.493 e. The van der Waals surface area contributed by atoms with E-state index in [-0.39, 0.29) is 18.2 Å². The molecule has 0 atom stereocenters. The Morgan fingerprint density at radius 2 is 1.63 bits per heavy atom. The minimum absolute atomic E-state index is 0.128. The molecule has 27 heavy (non-hydrogen) atoms. The van der Waals surface area contributed by atoms with Gasteiger partial charge in [-0.2, -0.15) is 0 Å². The van der Waals surface area contributed by atoms with Gasteiger partial charge in [0.1, 0.15) is 0 Å². The fraction of sp³-hybridized carbons (Fsp3) is 0.238. The summed E-state index contributed by atoms with van der Waals surface area (Å²) in [5.41, 5.74) is 1.77. The van der Waals surface area contributed by atoms with Crippen molar-refractivity contribution in [1.82, 2.24) is 10.6 Å². The Morgan fingerprint density at radius 1 is 0.926 bits per heavy atom. The molecule has 2 N–H and O–H groups in total. The molecule has 0 saturated carbocycles. The Bertz CT molecular complexity index is 788. The number of carbonyl (C=O) groups excluding carboxylic acids is 2. The SMILES string of the molecule is COc1ccc(CC(=O)NCCNC(=O)/C=C/c2ccccc2)cc1OC. The predicted octanol–water partition coefficient (Wildman–Crippen LogP) is 2.19. The molecule has 0 aromatic heterocycles. The van der Waals surface area contributed by atoms with Crippen LogP contribution in [-0.4, -0.2) is 39.1 Å². The quantitative estimate of drug-likeness (QED) is 0.525. The van der Waals surface area contributed by atoms with Crippen molar-refractivity contribution in [3.8, 4) is 11.5 Å². The van der Waals surface area contributed by atoms with E-state index < -0.39 is 0 Å². The maximum Gasteiger partial charge on any atom is 0.244 e. The van der Waals surface area contributed by atoms with Crippen LogP contribution in [0.15, 0.2) is 54.6 Å². The van der Waals surface area contributed by atoms with Crippen molar-refractivity contribution in [1.29, 1.82) is 0 Å². The summed E-state index contributed by atoms with van der Waals surface area (Å²) in [7, 11) is 3.12. The van der Waals surface area contributed by atoms with Crippen LogP contribution in [0.4, 0.5) is 0 Å². The first-order valence-electron chi connectivity index (χ1n) is 8.61. The highest BCUT2D eigenvalue weighted by Crippen LogP contribution is 2.27. The summed E-state index contributed by atoms with van der Waals surface area (Å²) in [6.07, 6.45) is 3.44. The van der Waals surface area contributed by atoms with E-state index in [0.29, 0.717) is 24.6 Å². The lowest BCUT2D eigenvalue weighted by Gasteiger charge is -2.10. The van der Waals surface area contributed by atoms with Crippen LogP contribution in [0.2, 0.25) is 0 Å². The van der Waals surface area contributed by atoms with Crippen LogP contribution in [0.1, 0.15) is 11.1 Å². The van der Waals surface area contributed by atoms with E-state index in [1.807, 2.05) is 36.4 Å². The number of nitrogens with one attached hydrogen (secondary N) is 2. The molecular formula is C21H24N2O4. The van der Waals surface area contributed by atoms with Gasteiger partial charge in [-0.15, -0.1) is 0 Å². The molecule has 6 nitrogen and oxygen atoms in total. The number of rotatable bonds is 9. The summed E-state index contributed by atoms with van der Waals surface area (Å²) in [5.74, 6) is 0.873. The van der Waals surface area contributed by atoms with Gasteiger partial charge >= 0.3 is 0 Å². The fourth-order valence-electron chi connectivity index (χ4n) is 2.42. The number of carbonyl (C=O) groups is 2. The molecule has 0 aliphatic rings. The van der Waals surface area contributed by atoms with Gasteiger partial charge in [0.2, 0.25) is 11.8 Å². The number of ether oxygens (including phenoxy) is 2. The predicted molar refractivity (Wildman–Crippen MR) is 105 cm³/mol. The van der Waals surface area contributed by atoms with Gasteiger partial charge < -0.3 is 20.1 Å². The Hall–Kier alpha value is -3.28. The number of benzene rings is 2. The number of amides is 2. The molecule has 0 spiro atoms. The molecule has 6 heteroatoms. The molecule has 0 radical (unpaired) electrons. The van der Waals surface area contributed by atoms with Crippen molar-refractivity contribution in [2.24, 2.45) is 0 Å². The third-order valence-electron chi connectivity index (χ3n) is 3.79. The van der Waals surface area contributed by atoms with Crippen molar-refractivity contribution in [3.05, 3.63) is 65.7 Å². The maximum absolute atomic E-state index is 12.0. The fourth-order valence-corrected chi connectivity index (χ4v) is 2.42. The van der Waals surface area contributed by atoms with Gasteiger partial charge in [-0.1, -0.05) is 36.4 Å². The molecule has 2 aromatic carbocycles. The summed E-state index contributed by atoms with van der Waals surface area (Å²) in [6.45, 7) is 0.715. The second-order valence-electron chi connectivity index (χ2n) is 5.75. The van der Waals surface area contributed by atoms with Gasteiger partial charge in [0.15, 0.2) is 11.5 Å². The summed E-state index contributed by atoms with van der Waals surface area (Å²) in [5, 5.41) is 5.51. The van der Waals surface area contributed by atoms with Crippen LogP contribution in [-0.2, 0) is 16.0 Å². The number of methoxy groups -OCH3 is 2. The van der Waals surface area contributed by atoms with Crippen LogP contribution in [0.3, 0.4) is 0 Å². The third-order valence-corrected chi connectivity index (χ3v) is 3.79. The van der Waals surface area contributed by atoms with Gasteiger partial charge in [0.05, 0.1) is 20.6 Å². The normalized spacial score (nSPS) is 10.4. The lowest BCUT2D eigenvalue weighted by Crippen LogP contribution is -2.34. The van der Waals surface area contributed by atoms with E-state index in [4.69, 9.17) is 9.47 Å². The van der Waals surface area contributed by atoms with Gasteiger partial charge in [0, 0.05) is 19.2 Å². The van der Waals surface area contributed by atoms with Crippen LogP contribution in [0, 0.1) is 0 Å². The van der Waals surface area contributed by atoms with Crippen molar-refractivity contribution >= 4 is 17.9 Å². The molecule has 0 heterocycles. The second-order valence-corrected chi connectivity index (χ2v) is 5.75. The second kappa shape index (κ2) is 10.7. The smallest absolute Gasteiger partial charge is 0.244 e. The zero-order chi connectivity index (χ0) is 19.5.